The van der Waals surface area contributed by atoms with Crippen LogP contribution in [0, 0.1) is 6.92 Å². The van der Waals surface area contributed by atoms with Crippen LogP contribution in [0.2, 0.25) is 0 Å². The number of carbonyl (C=O) groups excluding carboxylic acids is 1. The second kappa shape index (κ2) is 5.84. The predicted molar refractivity (Wildman–Crippen MR) is 65.9 cm³/mol. The fourth-order valence-corrected chi connectivity index (χ4v) is 1.50. The first-order valence-electron chi connectivity index (χ1n) is 5.35. The molecular formula is C13H15NO3. The van der Waals surface area contributed by atoms with E-state index in [0.717, 1.165) is 17.2 Å². The smallest absolute Gasteiger partial charge is 0.328 e. The van der Waals surface area contributed by atoms with Crippen LogP contribution in [-0.2, 0) is 4.79 Å². The zero-order valence-electron chi connectivity index (χ0n) is 9.86. The lowest BCUT2D eigenvalue weighted by Crippen LogP contribution is -2.23. The Hall–Kier alpha value is -2.10. The van der Waals surface area contributed by atoms with Gasteiger partial charge in [-0.1, -0.05) is 12.1 Å². The highest BCUT2D eigenvalue weighted by Gasteiger charge is 2.09. The molecule has 0 saturated heterocycles. The third kappa shape index (κ3) is 3.45. The molecule has 4 nitrogen and oxygen atoms in total. The summed E-state index contributed by atoms with van der Waals surface area (Å²) < 4.78 is 0. The highest BCUT2D eigenvalue weighted by atomic mass is 16.4. The summed E-state index contributed by atoms with van der Waals surface area (Å²) in [6.07, 6.45) is 2.55. The van der Waals surface area contributed by atoms with Gasteiger partial charge in [0.25, 0.3) is 5.91 Å². The summed E-state index contributed by atoms with van der Waals surface area (Å²) in [6, 6.07) is 5.23. The molecule has 1 aromatic carbocycles. The first-order valence-corrected chi connectivity index (χ1v) is 5.35. The van der Waals surface area contributed by atoms with Gasteiger partial charge in [-0.15, -0.1) is 0 Å². The summed E-state index contributed by atoms with van der Waals surface area (Å²) >= 11 is 0. The number of benzene rings is 1. The van der Waals surface area contributed by atoms with Crippen molar-refractivity contribution in [3.63, 3.8) is 0 Å². The van der Waals surface area contributed by atoms with Crippen LogP contribution in [0.3, 0.4) is 0 Å². The second-order valence-corrected chi connectivity index (χ2v) is 3.55. The molecule has 0 fully saturated rings. The van der Waals surface area contributed by atoms with Crippen LogP contribution in [0.4, 0.5) is 0 Å². The molecule has 0 bridgehead atoms. The highest BCUT2D eigenvalue weighted by molar-refractivity contribution is 5.96. The van der Waals surface area contributed by atoms with Crippen LogP contribution in [0.25, 0.3) is 6.08 Å². The Morgan fingerprint density at radius 3 is 2.71 bits per heavy atom. The molecule has 0 aliphatic rings. The standard InChI is InChI=1S/C13H15NO3/c1-3-14-13(17)11-6-4-5-10(9(11)2)7-8-12(15)16/h4-8H,3H2,1-2H3,(H,14,17)(H,15,16). The Morgan fingerprint density at radius 2 is 2.12 bits per heavy atom. The van der Waals surface area contributed by atoms with Crippen molar-refractivity contribution in [3.8, 4) is 0 Å². The predicted octanol–water partition coefficient (Wildman–Crippen LogP) is 1.84. The lowest BCUT2D eigenvalue weighted by molar-refractivity contribution is -0.131. The largest absolute Gasteiger partial charge is 0.478 e. The van der Waals surface area contributed by atoms with E-state index in [1.165, 1.54) is 6.08 Å². The zero-order chi connectivity index (χ0) is 12.8. The van der Waals surface area contributed by atoms with E-state index in [0.29, 0.717) is 12.1 Å². The Kier molecular flexibility index (Phi) is 4.46. The van der Waals surface area contributed by atoms with Crippen molar-refractivity contribution in [1.82, 2.24) is 5.32 Å². The average molecular weight is 233 g/mol. The summed E-state index contributed by atoms with van der Waals surface area (Å²) in [5, 5.41) is 11.3. The second-order valence-electron chi connectivity index (χ2n) is 3.55. The van der Waals surface area contributed by atoms with E-state index in [1.54, 1.807) is 25.1 Å². The van der Waals surface area contributed by atoms with E-state index >= 15 is 0 Å². The molecule has 1 rings (SSSR count). The molecule has 0 aliphatic carbocycles. The minimum Gasteiger partial charge on any atom is -0.478 e. The molecule has 0 saturated carbocycles. The van der Waals surface area contributed by atoms with E-state index in [4.69, 9.17) is 5.11 Å². The summed E-state index contributed by atoms with van der Waals surface area (Å²) in [5.41, 5.74) is 2.08. The molecule has 0 aromatic heterocycles. The van der Waals surface area contributed by atoms with E-state index < -0.39 is 5.97 Å². The Labute approximate surface area is 100.0 Å². The molecule has 90 valence electrons. The van der Waals surface area contributed by atoms with Crippen molar-refractivity contribution in [3.05, 3.63) is 41.0 Å². The van der Waals surface area contributed by atoms with E-state index in [9.17, 15) is 9.59 Å². The van der Waals surface area contributed by atoms with Gasteiger partial charge >= 0.3 is 5.97 Å². The molecule has 0 heterocycles. The van der Waals surface area contributed by atoms with Crippen molar-refractivity contribution >= 4 is 18.0 Å². The van der Waals surface area contributed by atoms with Gasteiger partial charge in [-0.05, 0) is 37.1 Å². The van der Waals surface area contributed by atoms with Gasteiger partial charge in [0.15, 0.2) is 0 Å². The lowest BCUT2D eigenvalue weighted by atomic mass is 10.0. The number of amides is 1. The van der Waals surface area contributed by atoms with Crippen LogP contribution in [0.5, 0.6) is 0 Å². The van der Waals surface area contributed by atoms with Gasteiger partial charge in [-0.3, -0.25) is 4.79 Å². The maximum Gasteiger partial charge on any atom is 0.328 e. The van der Waals surface area contributed by atoms with Crippen molar-refractivity contribution in [2.45, 2.75) is 13.8 Å². The van der Waals surface area contributed by atoms with Crippen LogP contribution >= 0.6 is 0 Å². The molecule has 2 N–H and O–H groups in total. The molecule has 0 unspecified atom stereocenters. The fraction of sp³-hybridized carbons (Fsp3) is 0.231. The SMILES string of the molecule is CCNC(=O)c1cccc(C=CC(=O)O)c1C. The number of carboxylic acid groups (broad SMARTS) is 1. The summed E-state index contributed by atoms with van der Waals surface area (Å²) in [7, 11) is 0. The number of hydrogen-bond donors (Lipinski definition) is 2. The summed E-state index contributed by atoms with van der Waals surface area (Å²) in [5.74, 6) is -1.15. The Morgan fingerprint density at radius 1 is 1.41 bits per heavy atom. The molecule has 0 spiro atoms. The Balaban J connectivity index is 3.07. The lowest BCUT2D eigenvalue weighted by Gasteiger charge is -2.08. The molecule has 0 atom stereocenters. The van der Waals surface area contributed by atoms with Crippen molar-refractivity contribution in [1.29, 1.82) is 0 Å². The minimum atomic E-state index is -1.01. The first-order chi connectivity index (χ1) is 8.06. The van der Waals surface area contributed by atoms with Crippen LogP contribution < -0.4 is 5.32 Å². The van der Waals surface area contributed by atoms with Crippen molar-refractivity contribution in [2.75, 3.05) is 6.54 Å². The molecule has 1 aromatic rings. The molecule has 0 aliphatic heterocycles. The zero-order valence-corrected chi connectivity index (χ0v) is 9.86. The topological polar surface area (TPSA) is 66.4 Å². The number of rotatable bonds is 4. The maximum atomic E-state index is 11.7. The third-order valence-corrected chi connectivity index (χ3v) is 2.36. The summed E-state index contributed by atoms with van der Waals surface area (Å²) in [6.45, 7) is 4.21. The summed E-state index contributed by atoms with van der Waals surface area (Å²) in [4.78, 5) is 22.1. The average Bonchev–Trinajstić information content (AvgIpc) is 2.27. The molecule has 0 radical (unpaired) electrons. The van der Waals surface area contributed by atoms with Gasteiger partial charge in [0.05, 0.1) is 0 Å². The van der Waals surface area contributed by atoms with Gasteiger partial charge in [0.2, 0.25) is 0 Å². The van der Waals surface area contributed by atoms with Gasteiger partial charge in [-0.2, -0.15) is 0 Å². The van der Waals surface area contributed by atoms with E-state index in [1.807, 2.05) is 6.92 Å². The monoisotopic (exact) mass is 233 g/mol. The minimum absolute atomic E-state index is 0.143. The molecule has 4 heteroatoms. The quantitative estimate of drug-likeness (QED) is 0.780. The molecular weight excluding hydrogens is 218 g/mol. The fourth-order valence-electron chi connectivity index (χ4n) is 1.50. The van der Waals surface area contributed by atoms with Gasteiger partial charge in [0.1, 0.15) is 0 Å². The van der Waals surface area contributed by atoms with Crippen molar-refractivity contribution in [2.24, 2.45) is 0 Å². The van der Waals surface area contributed by atoms with E-state index in [-0.39, 0.29) is 5.91 Å². The van der Waals surface area contributed by atoms with Crippen molar-refractivity contribution < 1.29 is 14.7 Å². The van der Waals surface area contributed by atoms with Crippen LogP contribution in [0.15, 0.2) is 24.3 Å². The number of hydrogen-bond acceptors (Lipinski definition) is 2. The van der Waals surface area contributed by atoms with Crippen LogP contribution in [-0.4, -0.2) is 23.5 Å². The Bertz CT molecular complexity index is 464. The van der Waals surface area contributed by atoms with E-state index in [2.05, 4.69) is 5.32 Å². The number of carboxylic acids is 1. The van der Waals surface area contributed by atoms with Gasteiger partial charge in [-0.25, -0.2) is 4.79 Å². The number of carbonyl (C=O) groups is 2. The number of nitrogens with one attached hydrogen (secondary N) is 1. The first kappa shape index (κ1) is 13.0. The maximum absolute atomic E-state index is 11.7. The molecule has 17 heavy (non-hydrogen) atoms. The number of aliphatic carboxylic acids is 1. The van der Waals surface area contributed by atoms with Gasteiger partial charge in [0, 0.05) is 18.2 Å². The van der Waals surface area contributed by atoms with Crippen LogP contribution in [0.1, 0.15) is 28.4 Å². The highest BCUT2D eigenvalue weighted by Crippen LogP contribution is 2.15. The third-order valence-electron chi connectivity index (χ3n) is 2.36. The molecule has 1 amide bonds. The van der Waals surface area contributed by atoms with Gasteiger partial charge < -0.3 is 10.4 Å². The normalized spacial score (nSPS) is 10.5.